The van der Waals surface area contributed by atoms with E-state index in [1.807, 2.05) is 30.0 Å². The lowest BCUT2D eigenvalue weighted by Crippen LogP contribution is -2.35. The maximum atomic E-state index is 12.8. The molecule has 24 heavy (non-hydrogen) atoms. The van der Waals surface area contributed by atoms with Crippen molar-refractivity contribution < 1.29 is 4.79 Å². The third-order valence-electron chi connectivity index (χ3n) is 4.44. The Morgan fingerprint density at radius 2 is 2.21 bits per heavy atom. The van der Waals surface area contributed by atoms with E-state index in [9.17, 15) is 9.59 Å². The number of carbonyl (C=O) groups is 1. The first-order chi connectivity index (χ1) is 11.6. The largest absolute Gasteiger partial charge is 0.332 e. The number of hydrogen-bond acceptors (Lipinski definition) is 5. The number of para-hydroxylation sites is 1. The maximum absolute atomic E-state index is 12.8. The molecule has 3 heterocycles. The number of hydrogen-bond donors (Lipinski definition) is 0. The van der Waals surface area contributed by atoms with E-state index in [-0.39, 0.29) is 23.4 Å². The number of nitrogens with zero attached hydrogens (tertiary/aromatic N) is 3. The lowest BCUT2D eigenvalue weighted by atomic mass is 10.2. The van der Waals surface area contributed by atoms with E-state index in [0.29, 0.717) is 0 Å². The highest BCUT2D eigenvalue weighted by Gasteiger charge is 2.32. The van der Waals surface area contributed by atoms with Crippen LogP contribution in [0.2, 0.25) is 0 Å². The van der Waals surface area contributed by atoms with E-state index in [2.05, 4.69) is 6.07 Å². The Morgan fingerprint density at radius 1 is 1.38 bits per heavy atom. The second-order valence-electron chi connectivity index (χ2n) is 5.99. The number of rotatable bonds is 3. The first kappa shape index (κ1) is 15.5. The van der Waals surface area contributed by atoms with Crippen LogP contribution < -0.4 is 4.87 Å². The molecule has 0 N–H and O–H groups in total. The van der Waals surface area contributed by atoms with Gasteiger partial charge in [0, 0.05) is 17.6 Å². The van der Waals surface area contributed by atoms with Crippen LogP contribution in [0.3, 0.4) is 0 Å². The highest BCUT2D eigenvalue weighted by molar-refractivity contribution is 7.18. The molecular weight excluding hydrogens is 342 g/mol. The number of aryl methyl sites for hydroxylation is 1. The number of amides is 1. The van der Waals surface area contributed by atoms with Crippen LogP contribution >= 0.6 is 22.7 Å². The van der Waals surface area contributed by atoms with Gasteiger partial charge in [-0.2, -0.15) is 0 Å². The number of carbonyl (C=O) groups excluding carboxylic acids is 1. The van der Waals surface area contributed by atoms with Gasteiger partial charge in [0.1, 0.15) is 11.6 Å². The smallest absolute Gasteiger partial charge is 0.307 e. The molecular formula is C17H17N3O2S2. The highest BCUT2D eigenvalue weighted by Crippen LogP contribution is 2.36. The van der Waals surface area contributed by atoms with Gasteiger partial charge >= 0.3 is 4.87 Å². The number of aromatic nitrogens is 2. The molecule has 1 aromatic carbocycles. The molecule has 0 bridgehead atoms. The van der Waals surface area contributed by atoms with Crippen LogP contribution in [0, 0.1) is 6.92 Å². The zero-order chi connectivity index (χ0) is 16.7. The molecule has 0 unspecified atom stereocenters. The standard InChI is InChI=1S/C17H17N3O2S2/c1-11-10-23-17(22)20(11)9-15(21)19-8-4-6-13(19)16-18-12-5-2-3-7-14(12)24-16/h2-3,5,7,10,13H,4,6,8-9H2,1H3/t13-/m0/s1. The monoisotopic (exact) mass is 359 g/mol. The molecule has 1 atom stereocenters. The third-order valence-corrected chi connectivity index (χ3v) is 6.46. The quantitative estimate of drug-likeness (QED) is 0.722. The van der Waals surface area contributed by atoms with E-state index >= 15 is 0 Å². The van der Waals surface area contributed by atoms with Gasteiger partial charge in [0.25, 0.3) is 0 Å². The Hall–Kier alpha value is -1.99. The minimum absolute atomic E-state index is 0.000330. The molecule has 7 heteroatoms. The van der Waals surface area contributed by atoms with Crippen LogP contribution in [-0.2, 0) is 11.3 Å². The van der Waals surface area contributed by atoms with E-state index in [0.717, 1.165) is 51.6 Å². The first-order valence-corrected chi connectivity index (χ1v) is 9.63. The van der Waals surface area contributed by atoms with Crippen LogP contribution in [0.4, 0.5) is 0 Å². The van der Waals surface area contributed by atoms with Gasteiger partial charge in [-0.1, -0.05) is 23.5 Å². The maximum Gasteiger partial charge on any atom is 0.307 e. The molecule has 4 rings (SSSR count). The molecule has 124 valence electrons. The average Bonchev–Trinajstić information content (AvgIpc) is 3.28. The van der Waals surface area contributed by atoms with Crippen LogP contribution in [-0.4, -0.2) is 26.9 Å². The Kier molecular flexibility index (Phi) is 3.97. The number of benzene rings is 1. The van der Waals surface area contributed by atoms with Gasteiger partial charge in [0.2, 0.25) is 5.91 Å². The lowest BCUT2D eigenvalue weighted by molar-refractivity contribution is -0.132. The summed E-state index contributed by atoms with van der Waals surface area (Å²) in [5.41, 5.74) is 1.83. The molecule has 1 saturated heterocycles. The molecule has 1 aliphatic rings. The van der Waals surface area contributed by atoms with Crippen molar-refractivity contribution in [1.82, 2.24) is 14.5 Å². The van der Waals surface area contributed by atoms with Crippen LogP contribution in [0.15, 0.2) is 34.4 Å². The second-order valence-corrected chi connectivity index (χ2v) is 7.88. The third kappa shape index (κ3) is 2.67. The van der Waals surface area contributed by atoms with Gasteiger partial charge in [0.15, 0.2) is 0 Å². The molecule has 0 aliphatic carbocycles. The van der Waals surface area contributed by atoms with E-state index in [1.54, 1.807) is 21.3 Å². The van der Waals surface area contributed by atoms with Crippen LogP contribution in [0.1, 0.15) is 29.6 Å². The van der Waals surface area contributed by atoms with Gasteiger partial charge in [-0.05, 0) is 31.9 Å². The molecule has 2 aromatic heterocycles. The summed E-state index contributed by atoms with van der Waals surface area (Å²) in [5.74, 6) is 0.000330. The van der Waals surface area contributed by atoms with Crippen molar-refractivity contribution in [2.75, 3.05) is 6.54 Å². The summed E-state index contributed by atoms with van der Waals surface area (Å²) in [6.07, 6.45) is 1.91. The summed E-state index contributed by atoms with van der Waals surface area (Å²) in [4.78, 5) is 31.2. The summed E-state index contributed by atoms with van der Waals surface area (Å²) in [6.45, 7) is 2.72. The van der Waals surface area contributed by atoms with Crippen molar-refractivity contribution in [2.45, 2.75) is 32.4 Å². The lowest BCUT2D eigenvalue weighted by Gasteiger charge is -2.23. The number of likely N-dealkylation sites (tertiary alicyclic amines) is 1. The Labute approximate surface area is 147 Å². The molecule has 0 spiro atoms. The van der Waals surface area contributed by atoms with Crippen molar-refractivity contribution in [2.24, 2.45) is 0 Å². The minimum Gasteiger partial charge on any atom is -0.332 e. The highest BCUT2D eigenvalue weighted by atomic mass is 32.1. The Bertz CT molecular complexity index is 923. The van der Waals surface area contributed by atoms with Crippen molar-refractivity contribution in [3.8, 4) is 0 Å². The molecule has 5 nitrogen and oxygen atoms in total. The van der Waals surface area contributed by atoms with Gasteiger partial charge in [-0.15, -0.1) is 11.3 Å². The summed E-state index contributed by atoms with van der Waals surface area (Å²) in [7, 11) is 0. The normalized spacial score (nSPS) is 17.7. The molecule has 1 aliphatic heterocycles. The van der Waals surface area contributed by atoms with Crippen LogP contribution in [0.25, 0.3) is 10.2 Å². The fraction of sp³-hybridized carbons (Fsp3) is 0.353. The number of thiazole rings is 2. The molecule has 3 aromatic rings. The Morgan fingerprint density at radius 3 is 2.96 bits per heavy atom. The topological polar surface area (TPSA) is 55.2 Å². The van der Waals surface area contributed by atoms with Gasteiger partial charge in [-0.3, -0.25) is 14.2 Å². The van der Waals surface area contributed by atoms with E-state index in [1.165, 1.54) is 0 Å². The van der Waals surface area contributed by atoms with Crippen LogP contribution in [0.5, 0.6) is 0 Å². The predicted octanol–water partition coefficient (Wildman–Crippen LogP) is 3.19. The second kappa shape index (κ2) is 6.14. The summed E-state index contributed by atoms with van der Waals surface area (Å²) in [6, 6.07) is 8.09. The summed E-state index contributed by atoms with van der Waals surface area (Å²) in [5, 5.41) is 2.79. The zero-order valence-electron chi connectivity index (χ0n) is 13.3. The fourth-order valence-electron chi connectivity index (χ4n) is 3.18. The number of fused-ring (bicyclic) bond motifs is 1. The Balaban J connectivity index is 1.60. The van der Waals surface area contributed by atoms with Gasteiger partial charge in [-0.25, -0.2) is 4.98 Å². The summed E-state index contributed by atoms with van der Waals surface area (Å²) < 4.78 is 2.71. The predicted molar refractivity (Wildman–Crippen MR) is 96.6 cm³/mol. The molecule has 1 amide bonds. The average molecular weight is 359 g/mol. The van der Waals surface area contributed by atoms with Crippen molar-refractivity contribution >= 4 is 38.8 Å². The summed E-state index contributed by atoms with van der Waals surface area (Å²) >= 11 is 2.80. The molecule has 0 saturated carbocycles. The van der Waals surface area contributed by atoms with Crippen molar-refractivity contribution in [1.29, 1.82) is 0 Å². The minimum atomic E-state index is -0.0726. The first-order valence-electron chi connectivity index (χ1n) is 7.93. The van der Waals surface area contributed by atoms with E-state index < -0.39 is 0 Å². The van der Waals surface area contributed by atoms with Gasteiger partial charge < -0.3 is 4.90 Å². The zero-order valence-corrected chi connectivity index (χ0v) is 14.9. The van der Waals surface area contributed by atoms with Crippen molar-refractivity contribution in [3.63, 3.8) is 0 Å². The molecule has 1 fully saturated rings. The van der Waals surface area contributed by atoms with Gasteiger partial charge in [0.05, 0.1) is 16.3 Å². The fourth-order valence-corrected chi connectivity index (χ4v) is 5.03. The van der Waals surface area contributed by atoms with E-state index in [4.69, 9.17) is 4.98 Å². The van der Waals surface area contributed by atoms with Crippen molar-refractivity contribution in [3.05, 3.63) is 50.0 Å². The SMILES string of the molecule is Cc1csc(=O)n1CC(=O)N1CCC[C@H]1c1nc2ccccc2s1. The molecule has 0 radical (unpaired) electrons.